The Hall–Kier alpha value is -2.97. The number of carbonyl (C=O) groups is 1. The fraction of sp³-hybridized carbons (Fsp3) is 0.280. The Morgan fingerprint density at radius 2 is 1.97 bits per heavy atom. The van der Waals surface area contributed by atoms with Crippen molar-refractivity contribution in [1.82, 2.24) is 9.47 Å². The van der Waals surface area contributed by atoms with Gasteiger partial charge in [-0.15, -0.1) is 11.8 Å². The van der Waals surface area contributed by atoms with E-state index in [2.05, 4.69) is 0 Å². The molecule has 0 saturated carbocycles. The summed E-state index contributed by atoms with van der Waals surface area (Å²) in [4.78, 5) is 28.8. The molecule has 172 valence electrons. The SMILES string of the molecule is CCN(CCO)C(=O)c1c2n(c(C)cc1=O)-c1ccccc1SC(c1ccc(F)cc1F)C2. The number of fused-ring (bicyclic) bond motifs is 3. The molecule has 1 amide bonds. The molecule has 1 aliphatic rings. The molecule has 1 aromatic heterocycles. The van der Waals surface area contributed by atoms with E-state index < -0.39 is 28.2 Å². The minimum Gasteiger partial charge on any atom is -0.395 e. The molecule has 0 bridgehead atoms. The highest BCUT2D eigenvalue weighted by Gasteiger charge is 2.31. The second-order valence-corrected chi connectivity index (χ2v) is 9.10. The van der Waals surface area contributed by atoms with Crippen LogP contribution in [0, 0.1) is 18.6 Å². The number of aliphatic hydroxyl groups excluding tert-OH is 1. The molecule has 8 heteroatoms. The lowest BCUT2D eigenvalue weighted by Gasteiger charge is -2.24. The monoisotopic (exact) mass is 470 g/mol. The number of hydrogen-bond acceptors (Lipinski definition) is 4. The molecule has 2 heterocycles. The number of halogens is 2. The lowest BCUT2D eigenvalue weighted by molar-refractivity contribution is 0.0728. The zero-order chi connectivity index (χ0) is 23.7. The second-order valence-electron chi connectivity index (χ2n) is 7.86. The Kier molecular flexibility index (Phi) is 6.67. The van der Waals surface area contributed by atoms with Crippen LogP contribution in [0.25, 0.3) is 5.69 Å². The van der Waals surface area contributed by atoms with Crippen molar-refractivity contribution in [2.75, 3.05) is 19.7 Å². The highest BCUT2D eigenvalue weighted by Crippen LogP contribution is 2.45. The average molecular weight is 471 g/mol. The Bertz CT molecular complexity index is 1270. The summed E-state index contributed by atoms with van der Waals surface area (Å²) in [7, 11) is 0. The quantitative estimate of drug-likeness (QED) is 0.605. The average Bonchev–Trinajstić information content (AvgIpc) is 2.94. The van der Waals surface area contributed by atoms with E-state index >= 15 is 0 Å². The molecule has 0 aliphatic carbocycles. The number of aromatic nitrogens is 1. The number of para-hydroxylation sites is 1. The van der Waals surface area contributed by atoms with Crippen LogP contribution in [0.5, 0.6) is 0 Å². The minimum atomic E-state index is -0.670. The van der Waals surface area contributed by atoms with Crippen molar-refractivity contribution in [2.45, 2.75) is 30.4 Å². The zero-order valence-electron chi connectivity index (χ0n) is 18.3. The van der Waals surface area contributed by atoms with Gasteiger partial charge in [0.1, 0.15) is 17.2 Å². The summed E-state index contributed by atoms with van der Waals surface area (Å²) in [6, 6.07) is 12.5. The van der Waals surface area contributed by atoms with Crippen LogP contribution in [-0.2, 0) is 6.42 Å². The van der Waals surface area contributed by atoms with Gasteiger partial charge in [-0.05, 0) is 32.0 Å². The first-order valence-electron chi connectivity index (χ1n) is 10.7. The highest BCUT2D eigenvalue weighted by atomic mass is 32.2. The number of pyridine rings is 1. The maximum atomic E-state index is 14.8. The third-order valence-electron chi connectivity index (χ3n) is 5.81. The summed E-state index contributed by atoms with van der Waals surface area (Å²) in [5.74, 6) is -1.80. The first-order valence-corrected chi connectivity index (χ1v) is 11.6. The van der Waals surface area contributed by atoms with E-state index in [1.54, 1.807) is 13.8 Å². The molecule has 1 aliphatic heterocycles. The van der Waals surface area contributed by atoms with Gasteiger partial charge >= 0.3 is 0 Å². The topological polar surface area (TPSA) is 62.5 Å². The van der Waals surface area contributed by atoms with Crippen LogP contribution in [-0.4, -0.2) is 40.2 Å². The number of hydrogen-bond donors (Lipinski definition) is 1. The second kappa shape index (κ2) is 9.49. The predicted octanol–water partition coefficient (Wildman–Crippen LogP) is 4.27. The van der Waals surface area contributed by atoms with Gasteiger partial charge in [0.15, 0.2) is 5.43 Å². The van der Waals surface area contributed by atoms with Crippen molar-refractivity contribution in [3.8, 4) is 5.69 Å². The van der Waals surface area contributed by atoms with E-state index in [0.29, 0.717) is 23.5 Å². The van der Waals surface area contributed by atoms with Crippen molar-refractivity contribution in [2.24, 2.45) is 0 Å². The first kappa shape index (κ1) is 23.2. The van der Waals surface area contributed by atoms with Crippen molar-refractivity contribution in [1.29, 1.82) is 0 Å². The number of benzene rings is 2. The van der Waals surface area contributed by atoms with E-state index in [1.807, 2.05) is 28.8 Å². The lowest BCUT2D eigenvalue weighted by atomic mass is 10.0. The fourth-order valence-electron chi connectivity index (χ4n) is 4.28. The maximum Gasteiger partial charge on any atom is 0.259 e. The number of aryl methyl sites for hydroxylation is 1. The normalized spacial score (nSPS) is 14.9. The van der Waals surface area contributed by atoms with E-state index in [-0.39, 0.29) is 25.1 Å². The summed E-state index contributed by atoms with van der Waals surface area (Å²) < 4.78 is 30.3. The summed E-state index contributed by atoms with van der Waals surface area (Å²) >= 11 is 1.42. The molecule has 1 atom stereocenters. The Labute approximate surface area is 194 Å². The standard InChI is InChI=1S/C25H24F2N2O3S/c1-3-28(10-11-30)25(32)24-20-14-23(17-9-8-16(26)13-18(17)27)33-22-7-5-4-6-19(22)29(20)15(2)12-21(24)31/h4-9,12-13,23,30H,3,10-11,14H2,1-2H3. The third-order valence-corrected chi connectivity index (χ3v) is 7.12. The van der Waals surface area contributed by atoms with Crippen LogP contribution < -0.4 is 5.43 Å². The number of rotatable bonds is 5. The molecular formula is C25H24F2N2O3S. The highest BCUT2D eigenvalue weighted by molar-refractivity contribution is 7.99. The van der Waals surface area contributed by atoms with Gasteiger partial charge in [0.2, 0.25) is 0 Å². The molecule has 3 aromatic rings. The summed E-state index contributed by atoms with van der Waals surface area (Å²) in [6.07, 6.45) is 0.191. The molecule has 1 unspecified atom stereocenters. The Balaban J connectivity index is 1.98. The summed E-state index contributed by atoms with van der Waals surface area (Å²) in [6.45, 7) is 3.78. The molecular weight excluding hydrogens is 446 g/mol. The largest absolute Gasteiger partial charge is 0.395 e. The van der Waals surface area contributed by atoms with Crippen molar-refractivity contribution in [3.63, 3.8) is 0 Å². The van der Waals surface area contributed by atoms with Crippen LogP contribution in [0.2, 0.25) is 0 Å². The van der Waals surface area contributed by atoms with Crippen LogP contribution in [0.3, 0.4) is 0 Å². The van der Waals surface area contributed by atoms with E-state index in [4.69, 9.17) is 0 Å². The lowest BCUT2D eigenvalue weighted by Crippen LogP contribution is -2.38. The van der Waals surface area contributed by atoms with Crippen LogP contribution >= 0.6 is 11.8 Å². The predicted molar refractivity (Wildman–Crippen MR) is 124 cm³/mol. The third kappa shape index (κ3) is 4.32. The van der Waals surface area contributed by atoms with E-state index in [0.717, 1.165) is 16.6 Å². The van der Waals surface area contributed by atoms with E-state index in [9.17, 15) is 23.5 Å². The van der Waals surface area contributed by atoms with Gasteiger partial charge in [-0.25, -0.2) is 8.78 Å². The molecule has 0 saturated heterocycles. The van der Waals surface area contributed by atoms with Crippen molar-refractivity contribution < 1.29 is 18.7 Å². The number of likely N-dealkylation sites (N-methyl/N-ethyl adjacent to an activating group) is 1. The summed E-state index contributed by atoms with van der Waals surface area (Å²) in [5, 5.41) is 8.90. The van der Waals surface area contributed by atoms with Crippen molar-refractivity contribution in [3.05, 3.63) is 92.9 Å². The Morgan fingerprint density at radius 3 is 2.67 bits per heavy atom. The smallest absolute Gasteiger partial charge is 0.259 e. The molecule has 5 nitrogen and oxygen atoms in total. The summed E-state index contributed by atoms with van der Waals surface area (Å²) in [5.41, 5.74) is 1.83. The number of nitrogens with zero attached hydrogens (tertiary/aromatic N) is 2. The van der Waals surface area contributed by atoms with Crippen LogP contribution in [0.15, 0.2) is 58.2 Å². The van der Waals surface area contributed by atoms with E-state index in [1.165, 1.54) is 34.9 Å². The van der Waals surface area contributed by atoms with Crippen molar-refractivity contribution >= 4 is 17.7 Å². The molecule has 2 aromatic carbocycles. The molecule has 4 rings (SSSR count). The molecule has 1 N–H and O–H groups in total. The van der Waals surface area contributed by atoms with Gasteiger partial charge in [0, 0.05) is 58.7 Å². The minimum absolute atomic E-state index is 0.0146. The fourth-order valence-corrected chi connectivity index (χ4v) is 5.58. The number of carbonyl (C=O) groups excluding carboxylic acids is 1. The van der Waals surface area contributed by atoms with Gasteiger partial charge in [-0.1, -0.05) is 18.2 Å². The number of amides is 1. The Morgan fingerprint density at radius 1 is 1.21 bits per heavy atom. The zero-order valence-corrected chi connectivity index (χ0v) is 19.2. The van der Waals surface area contributed by atoms with Gasteiger partial charge in [-0.2, -0.15) is 0 Å². The first-order chi connectivity index (χ1) is 15.8. The molecule has 0 fully saturated rings. The van der Waals surface area contributed by atoms with Crippen LogP contribution in [0.4, 0.5) is 8.78 Å². The molecule has 0 radical (unpaired) electrons. The van der Waals surface area contributed by atoms with Gasteiger partial charge < -0.3 is 14.6 Å². The number of aliphatic hydroxyl groups is 1. The maximum absolute atomic E-state index is 14.8. The molecule has 0 spiro atoms. The van der Waals surface area contributed by atoms with Gasteiger partial charge in [0.25, 0.3) is 5.91 Å². The van der Waals surface area contributed by atoms with Gasteiger partial charge in [0.05, 0.1) is 12.3 Å². The number of thioether (sulfide) groups is 1. The molecule has 33 heavy (non-hydrogen) atoms. The van der Waals surface area contributed by atoms with Crippen LogP contribution in [0.1, 0.15) is 39.5 Å². The van der Waals surface area contributed by atoms with Gasteiger partial charge in [-0.3, -0.25) is 9.59 Å².